The van der Waals surface area contributed by atoms with Crippen molar-refractivity contribution in [3.05, 3.63) is 64.2 Å². The Balaban J connectivity index is 1.68. The summed E-state index contributed by atoms with van der Waals surface area (Å²) in [6, 6.07) is 10.9. The Morgan fingerprint density at radius 3 is 2.32 bits per heavy atom. The van der Waals surface area contributed by atoms with Gasteiger partial charge in [0, 0.05) is 17.8 Å². The van der Waals surface area contributed by atoms with E-state index in [1.54, 1.807) is 6.07 Å². The molecule has 11 heteroatoms. The predicted octanol–water partition coefficient (Wildman–Crippen LogP) is 5.27. The third-order valence-electron chi connectivity index (χ3n) is 7.08. The van der Waals surface area contributed by atoms with Gasteiger partial charge < -0.3 is 15.0 Å². The fraction of sp³-hybridized carbons (Fsp3) is 0.519. The molecule has 0 spiro atoms. The van der Waals surface area contributed by atoms with E-state index in [1.807, 2.05) is 26.0 Å². The number of hydrogen-bond acceptors (Lipinski definition) is 5. The molecule has 1 saturated heterocycles. The van der Waals surface area contributed by atoms with E-state index in [0.29, 0.717) is 23.6 Å². The molecule has 0 bridgehead atoms. The number of aryl methyl sites for hydroxylation is 1. The summed E-state index contributed by atoms with van der Waals surface area (Å²) < 4.78 is 64.4. The van der Waals surface area contributed by atoms with Crippen LogP contribution in [0, 0.1) is 12.8 Å². The molecule has 1 unspecified atom stereocenters. The summed E-state index contributed by atoms with van der Waals surface area (Å²) in [5, 5.41) is 3.54. The number of amides is 1. The fourth-order valence-electron chi connectivity index (χ4n) is 4.75. The van der Waals surface area contributed by atoms with Crippen LogP contribution in [0.3, 0.4) is 0 Å². The zero-order chi connectivity index (χ0) is 28.1. The second kappa shape index (κ2) is 12.3. The molecule has 1 aliphatic rings. The highest BCUT2D eigenvalue weighted by atomic mass is 35.5. The quantitative estimate of drug-likeness (QED) is 0.418. The second-order valence-electron chi connectivity index (χ2n) is 10.3. The van der Waals surface area contributed by atoms with E-state index in [4.69, 9.17) is 11.6 Å². The number of nitrogens with zero attached hydrogens (tertiary/aromatic N) is 1. The van der Waals surface area contributed by atoms with Crippen molar-refractivity contribution in [1.82, 2.24) is 10.2 Å². The molecule has 6 nitrogen and oxygen atoms in total. The molecular weight excluding hydrogens is 541 g/mol. The minimum Gasteiger partial charge on any atom is -0.406 e. The molecule has 1 atom stereocenters. The zero-order valence-electron chi connectivity index (χ0n) is 21.8. The lowest BCUT2D eigenvalue weighted by Crippen LogP contribution is -2.45. The number of hydrogen-bond donors (Lipinski definition) is 1. The first kappa shape index (κ1) is 30.2. The molecule has 3 rings (SSSR count). The molecule has 0 aliphatic carbocycles. The number of rotatable bonds is 10. The van der Waals surface area contributed by atoms with Gasteiger partial charge in [-0.3, -0.25) is 4.79 Å². The van der Waals surface area contributed by atoms with E-state index in [-0.39, 0.29) is 29.9 Å². The minimum atomic E-state index is -4.77. The van der Waals surface area contributed by atoms with Crippen LogP contribution in [0.25, 0.3) is 0 Å². The number of piperidine rings is 1. The fourth-order valence-corrected chi connectivity index (χ4v) is 6.06. The SMILES string of the molecule is Cc1cc(C(C)(CCN2CCC(CS(C)(=O)=O)CC2)C(=O)NCc2ccc(OC(F)(F)F)cc2)ccc1Cl. The van der Waals surface area contributed by atoms with Crippen LogP contribution in [0.15, 0.2) is 42.5 Å². The lowest BCUT2D eigenvalue weighted by Gasteiger charge is -2.35. The van der Waals surface area contributed by atoms with Gasteiger partial charge in [-0.1, -0.05) is 35.9 Å². The summed E-state index contributed by atoms with van der Waals surface area (Å²) in [7, 11) is -3.01. The van der Waals surface area contributed by atoms with E-state index < -0.39 is 21.6 Å². The van der Waals surface area contributed by atoms with E-state index in [9.17, 15) is 26.4 Å². The molecule has 2 aromatic rings. The summed E-state index contributed by atoms with van der Waals surface area (Å²) in [4.78, 5) is 15.8. The number of nitrogens with one attached hydrogen (secondary N) is 1. The molecule has 210 valence electrons. The summed E-state index contributed by atoms with van der Waals surface area (Å²) in [6.07, 6.45) is -1.39. The van der Waals surface area contributed by atoms with E-state index >= 15 is 0 Å². The average Bonchev–Trinajstić information content (AvgIpc) is 2.82. The summed E-state index contributed by atoms with van der Waals surface area (Å²) >= 11 is 6.23. The highest BCUT2D eigenvalue weighted by molar-refractivity contribution is 7.90. The highest BCUT2D eigenvalue weighted by Crippen LogP contribution is 2.32. The third-order valence-corrected chi connectivity index (χ3v) is 8.58. The van der Waals surface area contributed by atoms with Crippen LogP contribution >= 0.6 is 11.6 Å². The van der Waals surface area contributed by atoms with E-state index in [0.717, 1.165) is 37.1 Å². The number of likely N-dealkylation sites (tertiary alicyclic amines) is 1. The van der Waals surface area contributed by atoms with Gasteiger partial charge in [0.2, 0.25) is 5.91 Å². The van der Waals surface area contributed by atoms with Crippen LogP contribution in [0.4, 0.5) is 13.2 Å². The predicted molar refractivity (Wildman–Crippen MR) is 142 cm³/mol. The Hall–Kier alpha value is -2.30. The molecule has 1 heterocycles. The van der Waals surface area contributed by atoms with Gasteiger partial charge in [-0.15, -0.1) is 13.2 Å². The smallest absolute Gasteiger partial charge is 0.406 e. The van der Waals surface area contributed by atoms with E-state index in [1.165, 1.54) is 30.5 Å². The largest absolute Gasteiger partial charge is 0.573 e. The molecule has 1 fully saturated rings. The lowest BCUT2D eigenvalue weighted by atomic mass is 9.77. The third kappa shape index (κ3) is 8.88. The van der Waals surface area contributed by atoms with Gasteiger partial charge in [0.05, 0.1) is 11.2 Å². The minimum absolute atomic E-state index is 0.143. The standard InChI is InChI=1S/C27H34ClF3N2O4S/c1-19-16-22(6-9-24(19)28)26(2,12-15-33-13-10-21(11-14-33)18-38(3,35)36)25(34)32-17-20-4-7-23(8-5-20)37-27(29,30)31/h4-9,16,21H,10-15,17-18H2,1-3H3,(H,32,34). The zero-order valence-corrected chi connectivity index (χ0v) is 23.3. The van der Waals surface area contributed by atoms with Crippen molar-refractivity contribution in [3.63, 3.8) is 0 Å². The number of halogens is 4. The molecule has 38 heavy (non-hydrogen) atoms. The average molecular weight is 575 g/mol. The first-order valence-electron chi connectivity index (χ1n) is 12.4. The summed E-state index contributed by atoms with van der Waals surface area (Å²) in [6.45, 7) is 6.08. The van der Waals surface area contributed by atoms with Gasteiger partial charge in [-0.2, -0.15) is 0 Å². The molecule has 1 amide bonds. The second-order valence-corrected chi connectivity index (χ2v) is 12.9. The van der Waals surface area contributed by atoms with Crippen LogP contribution in [0.2, 0.25) is 5.02 Å². The monoisotopic (exact) mass is 574 g/mol. The van der Waals surface area contributed by atoms with Crippen molar-refractivity contribution in [2.75, 3.05) is 31.6 Å². The van der Waals surface area contributed by atoms with Crippen molar-refractivity contribution in [1.29, 1.82) is 0 Å². The maximum Gasteiger partial charge on any atom is 0.573 e. The first-order valence-corrected chi connectivity index (χ1v) is 14.9. The van der Waals surface area contributed by atoms with Crippen molar-refractivity contribution in [2.24, 2.45) is 5.92 Å². The van der Waals surface area contributed by atoms with Gasteiger partial charge in [-0.25, -0.2) is 8.42 Å². The van der Waals surface area contributed by atoms with Gasteiger partial charge in [0.15, 0.2) is 0 Å². The maximum absolute atomic E-state index is 13.6. The molecule has 2 aromatic carbocycles. The maximum atomic E-state index is 13.6. The Kier molecular flexibility index (Phi) is 9.76. The molecule has 0 radical (unpaired) electrons. The van der Waals surface area contributed by atoms with E-state index in [2.05, 4.69) is 15.0 Å². The highest BCUT2D eigenvalue weighted by Gasteiger charge is 2.36. The molecule has 0 saturated carbocycles. The molecular formula is C27H34ClF3N2O4S. The Morgan fingerprint density at radius 1 is 1.13 bits per heavy atom. The number of carbonyl (C=O) groups is 1. The van der Waals surface area contributed by atoms with Gasteiger partial charge in [0.1, 0.15) is 15.6 Å². The number of carbonyl (C=O) groups excluding carboxylic acids is 1. The van der Waals surface area contributed by atoms with Crippen molar-refractivity contribution < 1.29 is 31.1 Å². The van der Waals surface area contributed by atoms with Crippen LogP contribution in [0.1, 0.15) is 42.9 Å². The Bertz CT molecular complexity index is 1210. The first-order chi connectivity index (χ1) is 17.6. The van der Waals surface area contributed by atoms with Gasteiger partial charge in [0.25, 0.3) is 0 Å². The molecule has 1 aliphatic heterocycles. The topological polar surface area (TPSA) is 75.7 Å². The van der Waals surface area contributed by atoms with Crippen molar-refractivity contribution in [2.45, 2.75) is 51.4 Å². The van der Waals surface area contributed by atoms with Crippen molar-refractivity contribution in [3.8, 4) is 5.75 Å². The normalized spacial score (nSPS) is 17.1. The number of ether oxygens (including phenoxy) is 1. The number of benzene rings is 2. The number of sulfone groups is 1. The van der Waals surface area contributed by atoms with Gasteiger partial charge >= 0.3 is 6.36 Å². The Labute approximate surface area is 227 Å². The van der Waals surface area contributed by atoms with Crippen LogP contribution in [-0.2, 0) is 26.6 Å². The van der Waals surface area contributed by atoms with Crippen LogP contribution < -0.4 is 10.1 Å². The van der Waals surface area contributed by atoms with Gasteiger partial charge in [-0.05, 0) is 93.6 Å². The molecule has 0 aromatic heterocycles. The summed E-state index contributed by atoms with van der Waals surface area (Å²) in [5.41, 5.74) is 1.41. The van der Waals surface area contributed by atoms with Crippen LogP contribution in [-0.4, -0.2) is 57.2 Å². The van der Waals surface area contributed by atoms with Crippen LogP contribution in [0.5, 0.6) is 5.75 Å². The number of alkyl halides is 3. The molecule has 1 N–H and O–H groups in total. The van der Waals surface area contributed by atoms with Crippen molar-refractivity contribution >= 4 is 27.3 Å². The lowest BCUT2D eigenvalue weighted by molar-refractivity contribution is -0.274. The Morgan fingerprint density at radius 2 is 1.76 bits per heavy atom. The summed E-state index contributed by atoms with van der Waals surface area (Å²) in [5.74, 6) is -0.173.